The number of ether oxygens (including phenoxy) is 1. The van der Waals surface area contributed by atoms with Crippen LogP contribution >= 0.6 is 11.6 Å². The van der Waals surface area contributed by atoms with Crippen LogP contribution in [0.4, 0.5) is 0 Å². The molecular formula is C11H17ClN2O2. The van der Waals surface area contributed by atoms with E-state index in [0.29, 0.717) is 11.6 Å². The number of aryl methyl sites for hydroxylation is 1. The second-order valence-corrected chi connectivity index (χ2v) is 4.58. The van der Waals surface area contributed by atoms with Gasteiger partial charge in [0.1, 0.15) is 6.10 Å². The molecule has 1 fully saturated rings. The van der Waals surface area contributed by atoms with E-state index in [-0.39, 0.29) is 5.92 Å². The van der Waals surface area contributed by atoms with Gasteiger partial charge >= 0.3 is 0 Å². The predicted molar refractivity (Wildman–Crippen MR) is 61.4 cm³/mol. The van der Waals surface area contributed by atoms with Crippen molar-refractivity contribution in [2.24, 2.45) is 5.92 Å². The lowest BCUT2D eigenvalue weighted by Gasteiger charge is -2.18. The van der Waals surface area contributed by atoms with Gasteiger partial charge in [0.2, 0.25) is 0 Å². The summed E-state index contributed by atoms with van der Waals surface area (Å²) in [5, 5.41) is 15.0. The molecule has 2 unspecified atom stereocenters. The summed E-state index contributed by atoms with van der Waals surface area (Å²) < 4.78 is 7.08. The number of hydrogen-bond donors (Lipinski definition) is 1. The van der Waals surface area contributed by atoms with E-state index in [1.54, 1.807) is 10.9 Å². The first-order chi connectivity index (χ1) is 7.74. The van der Waals surface area contributed by atoms with Crippen molar-refractivity contribution in [3.63, 3.8) is 0 Å². The van der Waals surface area contributed by atoms with Gasteiger partial charge in [-0.1, -0.05) is 18.5 Å². The molecule has 1 aromatic heterocycles. The van der Waals surface area contributed by atoms with Crippen molar-refractivity contribution in [2.75, 3.05) is 13.2 Å². The summed E-state index contributed by atoms with van der Waals surface area (Å²) in [6.45, 7) is 4.19. The maximum absolute atomic E-state index is 10.3. The maximum Gasteiger partial charge on any atom is 0.102 e. The summed E-state index contributed by atoms with van der Waals surface area (Å²) in [4.78, 5) is 0. The van der Waals surface area contributed by atoms with E-state index in [1.165, 1.54) is 0 Å². The van der Waals surface area contributed by atoms with Crippen LogP contribution in [0.15, 0.2) is 6.20 Å². The zero-order valence-corrected chi connectivity index (χ0v) is 10.2. The molecule has 1 N–H and O–H groups in total. The lowest BCUT2D eigenvalue weighted by Crippen LogP contribution is -2.17. The quantitative estimate of drug-likeness (QED) is 0.882. The molecule has 1 aliphatic rings. The van der Waals surface area contributed by atoms with Crippen molar-refractivity contribution in [2.45, 2.75) is 32.4 Å². The first kappa shape index (κ1) is 11.9. The van der Waals surface area contributed by atoms with E-state index in [0.717, 1.165) is 31.7 Å². The zero-order chi connectivity index (χ0) is 11.5. The van der Waals surface area contributed by atoms with Gasteiger partial charge in [-0.2, -0.15) is 5.10 Å². The molecule has 0 saturated carbocycles. The molecule has 2 rings (SSSR count). The van der Waals surface area contributed by atoms with E-state index in [9.17, 15) is 5.11 Å². The normalized spacial score (nSPS) is 22.6. The SMILES string of the molecule is CCCn1ncc(Cl)c1C(O)C1CCOC1. The third-order valence-electron chi connectivity index (χ3n) is 2.96. The highest BCUT2D eigenvalue weighted by Crippen LogP contribution is 2.32. The molecule has 16 heavy (non-hydrogen) atoms. The molecule has 0 amide bonds. The molecule has 0 aromatic carbocycles. The van der Waals surface area contributed by atoms with Crippen LogP contribution in [-0.4, -0.2) is 28.1 Å². The molecule has 1 aliphatic heterocycles. The largest absolute Gasteiger partial charge is 0.386 e. The van der Waals surface area contributed by atoms with E-state index < -0.39 is 6.10 Å². The summed E-state index contributed by atoms with van der Waals surface area (Å²) in [6.07, 6.45) is 2.89. The number of aliphatic hydroxyl groups is 1. The lowest BCUT2D eigenvalue weighted by molar-refractivity contribution is 0.0845. The van der Waals surface area contributed by atoms with Crippen LogP contribution in [0.2, 0.25) is 5.02 Å². The Hall–Kier alpha value is -0.580. The number of hydrogen-bond acceptors (Lipinski definition) is 3. The number of nitrogens with zero attached hydrogens (tertiary/aromatic N) is 2. The van der Waals surface area contributed by atoms with Gasteiger partial charge in [0, 0.05) is 19.1 Å². The fourth-order valence-electron chi connectivity index (χ4n) is 2.08. The molecule has 0 aliphatic carbocycles. The fraction of sp³-hybridized carbons (Fsp3) is 0.727. The fourth-order valence-corrected chi connectivity index (χ4v) is 2.33. The Morgan fingerprint density at radius 3 is 3.19 bits per heavy atom. The molecule has 1 aromatic rings. The summed E-state index contributed by atoms with van der Waals surface area (Å²) >= 11 is 6.07. The molecule has 0 spiro atoms. The number of aromatic nitrogens is 2. The van der Waals surface area contributed by atoms with Gasteiger partial charge in [-0.05, 0) is 12.8 Å². The third-order valence-corrected chi connectivity index (χ3v) is 3.25. The van der Waals surface area contributed by atoms with E-state index in [2.05, 4.69) is 12.0 Å². The Morgan fingerprint density at radius 2 is 2.56 bits per heavy atom. The molecule has 2 heterocycles. The molecule has 4 nitrogen and oxygen atoms in total. The monoisotopic (exact) mass is 244 g/mol. The van der Waals surface area contributed by atoms with E-state index >= 15 is 0 Å². The maximum atomic E-state index is 10.3. The number of aliphatic hydroxyl groups excluding tert-OH is 1. The Kier molecular flexibility index (Phi) is 3.84. The van der Waals surface area contributed by atoms with Gasteiger partial charge in [0.25, 0.3) is 0 Å². The summed E-state index contributed by atoms with van der Waals surface area (Å²) in [5.41, 5.74) is 0.735. The van der Waals surface area contributed by atoms with Crippen molar-refractivity contribution in [3.05, 3.63) is 16.9 Å². The predicted octanol–water partition coefficient (Wildman–Crippen LogP) is 2.02. The highest BCUT2D eigenvalue weighted by atomic mass is 35.5. The third kappa shape index (κ3) is 2.24. The Bertz CT molecular complexity index is 348. The highest BCUT2D eigenvalue weighted by molar-refractivity contribution is 6.31. The van der Waals surface area contributed by atoms with Crippen LogP contribution in [-0.2, 0) is 11.3 Å². The molecule has 5 heteroatoms. The standard InChI is InChI=1S/C11H17ClN2O2/c1-2-4-14-10(9(12)6-13-14)11(15)8-3-5-16-7-8/h6,8,11,15H,2-5,7H2,1H3. The molecule has 0 radical (unpaired) electrons. The van der Waals surface area contributed by atoms with Crippen LogP contribution < -0.4 is 0 Å². The molecule has 1 saturated heterocycles. The van der Waals surface area contributed by atoms with Crippen LogP contribution in [0, 0.1) is 5.92 Å². The second-order valence-electron chi connectivity index (χ2n) is 4.17. The van der Waals surface area contributed by atoms with Crippen molar-refractivity contribution < 1.29 is 9.84 Å². The van der Waals surface area contributed by atoms with Gasteiger partial charge in [-0.25, -0.2) is 0 Å². The first-order valence-corrected chi connectivity index (χ1v) is 6.08. The average molecular weight is 245 g/mol. The highest BCUT2D eigenvalue weighted by Gasteiger charge is 2.29. The van der Waals surface area contributed by atoms with Crippen LogP contribution in [0.25, 0.3) is 0 Å². The van der Waals surface area contributed by atoms with Gasteiger partial charge in [-0.3, -0.25) is 4.68 Å². The lowest BCUT2D eigenvalue weighted by atomic mass is 9.99. The molecule has 0 bridgehead atoms. The zero-order valence-electron chi connectivity index (χ0n) is 9.40. The van der Waals surface area contributed by atoms with Crippen molar-refractivity contribution in [3.8, 4) is 0 Å². The van der Waals surface area contributed by atoms with E-state index in [1.807, 2.05) is 0 Å². The Labute approximate surface area is 100 Å². The molecular weight excluding hydrogens is 228 g/mol. The van der Waals surface area contributed by atoms with Gasteiger partial charge in [0.05, 0.1) is 23.5 Å². The van der Waals surface area contributed by atoms with Crippen LogP contribution in [0.5, 0.6) is 0 Å². The minimum Gasteiger partial charge on any atom is -0.386 e. The molecule has 90 valence electrons. The second kappa shape index (κ2) is 5.17. The van der Waals surface area contributed by atoms with Gasteiger partial charge < -0.3 is 9.84 Å². The smallest absolute Gasteiger partial charge is 0.102 e. The summed E-state index contributed by atoms with van der Waals surface area (Å²) in [7, 11) is 0. The van der Waals surface area contributed by atoms with Gasteiger partial charge in [-0.15, -0.1) is 0 Å². The van der Waals surface area contributed by atoms with Crippen molar-refractivity contribution >= 4 is 11.6 Å². The number of halogens is 1. The molecule has 2 atom stereocenters. The minimum absolute atomic E-state index is 0.143. The van der Waals surface area contributed by atoms with Crippen molar-refractivity contribution in [1.29, 1.82) is 0 Å². The number of rotatable bonds is 4. The Balaban J connectivity index is 2.19. The first-order valence-electron chi connectivity index (χ1n) is 5.71. The van der Waals surface area contributed by atoms with E-state index in [4.69, 9.17) is 16.3 Å². The van der Waals surface area contributed by atoms with Gasteiger partial charge in [0.15, 0.2) is 0 Å². The summed E-state index contributed by atoms with van der Waals surface area (Å²) in [5.74, 6) is 0.143. The topological polar surface area (TPSA) is 47.3 Å². The Morgan fingerprint density at radius 1 is 1.75 bits per heavy atom. The van der Waals surface area contributed by atoms with Crippen molar-refractivity contribution in [1.82, 2.24) is 9.78 Å². The van der Waals surface area contributed by atoms with Crippen LogP contribution in [0.1, 0.15) is 31.6 Å². The minimum atomic E-state index is -0.566. The average Bonchev–Trinajstić information content (AvgIpc) is 2.88. The summed E-state index contributed by atoms with van der Waals surface area (Å²) in [6, 6.07) is 0. The van der Waals surface area contributed by atoms with Crippen LogP contribution in [0.3, 0.4) is 0 Å².